The monoisotopic (exact) mass is 292 g/mol. The third kappa shape index (κ3) is 3.31. The number of hydrogen-bond donors (Lipinski definition) is 2. The minimum absolute atomic E-state index is 0.103. The van der Waals surface area contributed by atoms with Crippen molar-refractivity contribution in [3.63, 3.8) is 0 Å². The van der Waals surface area contributed by atoms with E-state index in [2.05, 4.69) is 10.3 Å². The van der Waals surface area contributed by atoms with Crippen molar-refractivity contribution < 1.29 is 14.3 Å². The number of oxime groups is 1. The fourth-order valence-corrected chi connectivity index (χ4v) is 1.98. The molecule has 3 N–H and O–H groups in total. The van der Waals surface area contributed by atoms with Crippen molar-refractivity contribution in [1.29, 1.82) is 0 Å². The van der Waals surface area contributed by atoms with Crippen molar-refractivity contribution in [3.8, 4) is 5.75 Å². The van der Waals surface area contributed by atoms with E-state index in [0.717, 1.165) is 24.0 Å². The van der Waals surface area contributed by atoms with Crippen LogP contribution in [0, 0.1) is 12.7 Å². The van der Waals surface area contributed by atoms with Crippen LogP contribution in [0.3, 0.4) is 0 Å². The largest absolute Gasteiger partial charge is 0.484 e. The molecule has 0 amide bonds. The highest BCUT2D eigenvalue weighted by Crippen LogP contribution is 2.20. The summed E-state index contributed by atoms with van der Waals surface area (Å²) in [5, 5.41) is 15.7. The summed E-state index contributed by atoms with van der Waals surface area (Å²) in [6.07, 6.45) is 0. The maximum atomic E-state index is 13.9. The molecule has 0 aliphatic heterocycles. The van der Waals surface area contributed by atoms with Gasteiger partial charge in [0.05, 0.1) is 11.4 Å². The Balaban J connectivity index is 2.13. The van der Waals surface area contributed by atoms with Gasteiger partial charge < -0.3 is 15.7 Å². The van der Waals surface area contributed by atoms with Gasteiger partial charge in [-0.3, -0.25) is 4.68 Å². The van der Waals surface area contributed by atoms with Gasteiger partial charge >= 0.3 is 0 Å². The van der Waals surface area contributed by atoms with E-state index < -0.39 is 5.82 Å². The molecule has 0 bridgehead atoms. The molecule has 0 aliphatic rings. The number of benzene rings is 1. The topological polar surface area (TPSA) is 85.7 Å². The molecule has 0 aliphatic carbocycles. The van der Waals surface area contributed by atoms with E-state index in [4.69, 9.17) is 15.7 Å². The summed E-state index contributed by atoms with van der Waals surface area (Å²) in [6, 6.07) is 6.02. The Morgan fingerprint density at radius 2 is 2.24 bits per heavy atom. The first-order chi connectivity index (χ1) is 10.0. The molecule has 0 unspecified atom stereocenters. The van der Waals surface area contributed by atoms with Crippen LogP contribution in [0.25, 0.3) is 0 Å². The highest BCUT2D eigenvalue weighted by atomic mass is 19.1. The molecular weight excluding hydrogens is 275 g/mol. The standard InChI is InChI=1S/C14H17FN4O2/c1-3-19-11(6-9(2)17-19)8-21-13-5-4-10(7-12(13)15)14(16)18-20/h4-7,20H,3,8H2,1-2H3,(H2,16,18). The average Bonchev–Trinajstić information content (AvgIpc) is 2.85. The molecule has 7 heteroatoms. The highest BCUT2D eigenvalue weighted by molar-refractivity contribution is 5.97. The second-order valence-corrected chi connectivity index (χ2v) is 4.51. The van der Waals surface area contributed by atoms with Crippen LogP contribution in [0.5, 0.6) is 5.75 Å². The van der Waals surface area contributed by atoms with Gasteiger partial charge in [0, 0.05) is 12.1 Å². The zero-order valence-electron chi connectivity index (χ0n) is 11.9. The Hall–Kier alpha value is -2.57. The normalized spacial score (nSPS) is 11.7. The Morgan fingerprint density at radius 1 is 1.48 bits per heavy atom. The van der Waals surface area contributed by atoms with Crippen LogP contribution in [-0.4, -0.2) is 20.8 Å². The molecule has 0 fully saturated rings. The summed E-state index contributed by atoms with van der Waals surface area (Å²) in [5.74, 6) is -0.621. The number of aromatic nitrogens is 2. The van der Waals surface area contributed by atoms with E-state index >= 15 is 0 Å². The van der Waals surface area contributed by atoms with Gasteiger partial charge in [-0.2, -0.15) is 5.10 Å². The number of nitrogens with zero attached hydrogens (tertiary/aromatic N) is 3. The van der Waals surface area contributed by atoms with Gasteiger partial charge in [-0.05, 0) is 38.1 Å². The van der Waals surface area contributed by atoms with Gasteiger partial charge in [-0.15, -0.1) is 0 Å². The summed E-state index contributed by atoms with van der Waals surface area (Å²) >= 11 is 0. The molecule has 1 heterocycles. The van der Waals surface area contributed by atoms with Crippen molar-refractivity contribution in [2.45, 2.75) is 27.0 Å². The second kappa shape index (κ2) is 6.25. The van der Waals surface area contributed by atoms with Crippen LogP contribution in [0.15, 0.2) is 29.4 Å². The van der Waals surface area contributed by atoms with Crippen LogP contribution in [-0.2, 0) is 13.2 Å². The number of hydrogen-bond acceptors (Lipinski definition) is 4. The first-order valence-corrected chi connectivity index (χ1v) is 6.48. The number of nitrogens with two attached hydrogens (primary N) is 1. The van der Waals surface area contributed by atoms with Crippen molar-refractivity contribution >= 4 is 5.84 Å². The number of halogens is 1. The lowest BCUT2D eigenvalue weighted by molar-refractivity contribution is 0.278. The zero-order valence-corrected chi connectivity index (χ0v) is 11.9. The zero-order chi connectivity index (χ0) is 15.4. The maximum Gasteiger partial charge on any atom is 0.170 e. The van der Waals surface area contributed by atoms with E-state index in [1.165, 1.54) is 12.1 Å². The molecule has 0 radical (unpaired) electrons. The second-order valence-electron chi connectivity index (χ2n) is 4.51. The summed E-state index contributed by atoms with van der Waals surface area (Å²) < 4.78 is 21.2. The summed E-state index contributed by atoms with van der Waals surface area (Å²) in [7, 11) is 0. The fraction of sp³-hybridized carbons (Fsp3) is 0.286. The molecule has 6 nitrogen and oxygen atoms in total. The van der Waals surface area contributed by atoms with Crippen molar-refractivity contribution in [1.82, 2.24) is 9.78 Å². The smallest absolute Gasteiger partial charge is 0.170 e. The van der Waals surface area contributed by atoms with Crippen LogP contribution in [0.2, 0.25) is 0 Å². The molecule has 112 valence electrons. The van der Waals surface area contributed by atoms with Crippen molar-refractivity contribution in [3.05, 3.63) is 47.0 Å². The Bertz CT molecular complexity index is 667. The minimum atomic E-state index is -0.571. The third-order valence-electron chi connectivity index (χ3n) is 3.00. The van der Waals surface area contributed by atoms with Gasteiger partial charge in [-0.1, -0.05) is 5.16 Å². The first kappa shape index (κ1) is 14.8. The lowest BCUT2D eigenvalue weighted by Gasteiger charge is -2.09. The van der Waals surface area contributed by atoms with E-state index in [1.807, 2.05) is 19.9 Å². The predicted octanol–water partition coefficient (Wildman–Crippen LogP) is 2.02. The van der Waals surface area contributed by atoms with Crippen LogP contribution in [0.4, 0.5) is 4.39 Å². The van der Waals surface area contributed by atoms with E-state index in [1.54, 1.807) is 4.68 Å². The SMILES string of the molecule is CCn1nc(C)cc1COc1ccc(/C(N)=N/O)cc1F. The lowest BCUT2D eigenvalue weighted by atomic mass is 10.2. The van der Waals surface area contributed by atoms with Crippen LogP contribution >= 0.6 is 0 Å². The molecular formula is C14H17FN4O2. The Kier molecular flexibility index (Phi) is 4.42. The predicted molar refractivity (Wildman–Crippen MR) is 75.9 cm³/mol. The molecule has 0 saturated heterocycles. The first-order valence-electron chi connectivity index (χ1n) is 6.48. The average molecular weight is 292 g/mol. The molecule has 0 saturated carbocycles. The lowest BCUT2D eigenvalue weighted by Crippen LogP contribution is -2.13. The number of ether oxygens (including phenoxy) is 1. The highest BCUT2D eigenvalue weighted by Gasteiger charge is 2.10. The molecule has 2 rings (SSSR count). The van der Waals surface area contributed by atoms with Crippen molar-refractivity contribution in [2.75, 3.05) is 0 Å². The van der Waals surface area contributed by atoms with Gasteiger partial charge in [0.15, 0.2) is 17.4 Å². The molecule has 0 spiro atoms. The van der Waals surface area contributed by atoms with E-state index in [-0.39, 0.29) is 23.8 Å². The molecule has 21 heavy (non-hydrogen) atoms. The minimum Gasteiger partial charge on any atom is -0.484 e. The van der Waals surface area contributed by atoms with Gasteiger partial charge in [-0.25, -0.2) is 4.39 Å². The molecule has 2 aromatic rings. The molecule has 0 atom stereocenters. The quantitative estimate of drug-likeness (QED) is 0.382. The number of rotatable bonds is 5. The maximum absolute atomic E-state index is 13.9. The fourth-order valence-electron chi connectivity index (χ4n) is 1.98. The molecule has 1 aromatic carbocycles. The van der Waals surface area contributed by atoms with E-state index in [9.17, 15) is 4.39 Å². The third-order valence-corrected chi connectivity index (χ3v) is 3.00. The summed E-state index contributed by atoms with van der Waals surface area (Å²) in [5.41, 5.74) is 7.45. The van der Waals surface area contributed by atoms with Gasteiger partial charge in [0.25, 0.3) is 0 Å². The molecule has 1 aromatic heterocycles. The van der Waals surface area contributed by atoms with Crippen molar-refractivity contribution in [2.24, 2.45) is 10.9 Å². The van der Waals surface area contributed by atoms with Gasteiger partial charge in [0.1, 0.15) is 6.61 Å². The Labute approximate surface area is 121 Å². The van der Waals surface area contributed by atoms with Crippen LogP contribution in [0.1, 0.15) is 23.9 Å². The van der Waals surface area contributed by atoms with E-state index in [0.29, 0.717) is 0 Å². The number of amidine groups is 1. The van der Waals surface area contributed by atoms with Crippen LogP contribution < -0.4 is 10.5 Å². The Morgan fingerprint density at radius 3 is 2.86 bits per heavy atom. The summed E-state index contributed by atoms with van der Waals surface area (Å²) in [4.78, 5) is 0. The summed E-state index contributed by atoms with van der Waals surface area (Å²) in [6.45, 7) is 4.80. The number of aryl methyl sites for hydroxylation is 2. The van der Waals surface area contributed by atoms with Gasteiger partial charge in [0.2, 0.25) is 0 Å².